The maximum Gasteiger partial charge on any atom is 0.261 e. The van der Waals surface area contributed by atoms with Crippen LogP contribution in [0, 0.1) is 0 Å². The molecule has 0 N–H and O–H groups in total. The molecule has 0 radical (unpaired) electrons. The molecule has 208 valence electrons. The van der Waals surface area contributed by atoms with Gasteiger partial charge in [0.25, 0.3) is 8.32 Å². The molecule has 40 heavy (non-hydrogen) atoms. The first-order valence-electron chi connectivity index (χ1n) is 14.2. The van der Waals surface area contributed by atoms with E-state index in [1.54, 1.807) is 0 Å². The number of unbranched alkanes of at least 4 members (excludes halogenated alkanes) is 1. The average Bonchev–Trinajstić information content (AvgIpc) is 2.99. The number of Topliss-reactive ketones (excluding diaryl/α,β-unsaturated/α-hetero) is 1. The SMILES string of the molecule is CC(C(=O)CCCCO[Si](c1ccccc1)(c1ccccc1)C(C)(C)C)P(=O)(c1ccccc1)c1ccccc1. The standard InChI is InChI=1S/C35H41O3PSi/c1-29(39(37,30-19-9-5-10-20-30)31-21-11-6-12-22-31)34(36)27-17-18-28-38-40(35(2,3)4,32-23-13-7-14-24-32)33-25-15-8-16-26-33/h5-16,19-26,29H,17-18,27-28H2,1-4H3. The lowest BCUT2D eigenvalue weighted by atomic mass is 10.1. The summed E-state index contributed by atoms with van der Waals surface area (Å²) in [7, 11) is -5.73. The second-order valence-electron chi connectivity index (χ2n) is 11.4. The second kappa shape index (κ2) is 13.1. The number of rotatable bonds is 12. The highest BCUT2D eigenvalue weighted by molar-refractivity contribution is 7.80. The predicted molar refractivity (Wildman–Crippen MR) is 172 cm³/mol. The van der Waals surface area contributed by atoms with Gasteiger partial charge in [0.15, 0.2) is 7.14 Å². The van der Waals surface area contributed by atoms with Gasteiger partial charge in [0.2, 0.25) is 0 Å². The first-order chi connectivity index (χ1) is 19.2. The maximum atomic E-state index is 14.6. The molecule has 0 aliphatic heterocycles. The van der Waals surface area contributed by atoms with E-state index < -0.39 is 21.1 Å². The molecule has 4 aromatic rings. The third-order valence-electron chi connectivity index (χ3n) is 7.84. The van der Waals surface area contributed by atoms with E-state index in [0.29, 0.717) is 19.4 Å². The number of ketones is 1. The Hall–Kier alpha value is -3.04. The van der Waals surface area contributed by atoms with Crippen LogP contribution in [-0.2, 0) is 13.8 Å². The summed E-state index contributed by atoms with van der Waals surface area (Å²) in [4.78, 5) is 13.5. The van der Waals surface area contributed by atoms with Crippen molar-refractivity contribution in [1.82, 2.24) is 0 Å². The summed E-state index contributed by atoms with van der Waals surface area (Å²) in [5, 5.41) is 3.89. The van der Waals surface area contributed by atoms with Crippen LogP contribution in [0.1, 0.15) is 47.0 Å². The summed E-state index contributed by atoms with van der Waals surface area (Å²) in [5.41, 5.74) is -0.588. The van der Waals surface area contributed by atoms with Gasteiger partial charge in [-0.25, -0.2) is 0 Å². The molecule has 3 nitrogen and oxygen atoms in total. The van der Waals surface area contributed by atoms with Crippen LogP contribution in [-0.4, -0.2) is 26.4 Å². The van der Waals surface area contributed by atoms with Gasteiger partial charge in [-0.1, -0.05) is 142 Å². The molecule has 0 saturated heterocycles. The lowest BCUT2D eigenvalue weighted by Gasteiger charge is -2.43. The fourth-order valence-electron chi connectivity index (χ4n) is 5.69. The van der Waals surface area contributed by atoms with Crippen LogP contribution in [0.2, 0.25) is 5.04 Å². The fraction of sp³-hybridized carbons (Fsp3) is 0.286. The third kappa shape index (κ3) is 6.15. The Morgan fingerprint density at radius 1 is 0.700 bits per heavy atom. The molecule has 0 bridgehead atoms. The lowest BCUT2D eigenvalue weighted by Crippen LogP contribution is -2.66. The molecule has 0 aliphatic rings. The first kappa shape index (κ1) is 29.9. The second-order valence-corrected chi connectivity index (χ2v) is 18.9. The van der Waals surface area contributed by atoms with Crippen LogP contribution < -0.4 is 21.0 Å². The summed E-state index contributed by atoms with van der Waals surface area (Å²) in [5.74, 6) is 0.0430. The molecule has 4 rings (SSSR count). The highest BCUT2D eigenvalue weighted by atomic mass is 31.2. The van der Waals surface area contributed by atoms with Crippen molar-refractivity contribution < 1.29 is 13.8 Å². The molecule has 0 heterocycles. The Bertz CT molecular complexity index is 1320. The van der Waals surface area contributed by atoms with Crippen LogP contribution in [0.25, 0.3) is 0 Å². The third-order valence-corrected chi connectivity index (χ3v) is 16.4. The van der Waals surface area contributed by atoms with E-state index >= 15 is 0 Å². The summed E-state index contributed by atoms with van der Waals surface area (Å²) in [6.07, 6.45) is 1.85. The molecule has 0 aromatic heterocycles. The van der Waals surface area contributed by atoms with E-state index in [9.17, 15) is 9.36 Å². The highest BCUT2D eigenvalue weighted by Gasteiger charge is 2.50. The minimum atomic E-state index is -3.13. The minimum Gasteiger partial charge on any atom is -0.407 e. The van der Waals surface area contributed by atoms with Gasteiger partial charge in [0.05, 0.1) is 5.66 Å². The van der Waals surface area contributed by atoms with E-state index in [4.69, 9.17) is 4.43 Å². The average molecular weight is 569 g/mol. The molecule has 0 saturated carbocycles. The molecule has 0 spiro atoms. The first-order valence-corrected chi connectivity index (χ1v) is 17.9. The topological polar surface area (TPSA) is 43.4 Å². The molecular weight excluding hydrogens is 527 g/mol. The van der Waals surface area contributed by atoms with Gasteiger partial charge in [0, 0.05) is 23.6 Å². The van der Waals surface area contributed by atoms with E-state index in [1.165, 1.54) is 10.4 Å². The van der Waals surface area contributed by atoms with E-state index in [2.05, 4.69) is 69.3 Å². The Labute approximate surface area is 241 Å². The zero-order chi connectivity index (χ0) is 28.6. The number of carbonyl (C=O) groups excluding carboxylic acids is 1. The van der Waals surface area contributed by atoms with Crippen LogP contribution in [0.4, 0.5) is 0 Å². The van der Waals surface area contributed by atoms with Crippen LogP contribution in [0.5, 0.6) is 0 Å². The molecule has 4 aromatic carbocycles. The maximum absolute atomic E-state index is 14.6. The predicted octanol–water partition coefficient (Wildman–Crippen LogP) is 6.71. The van der Waals surface area contributed by atoms with Gasteiger partial charge < -0.3 is 8.99 Å². The van der Waals surface area contributed by atoms with E-state index in [0.717, 1.165) is 17.0 Å². The highest BCUT2D eigenvalue weighted by Crippen LogP contribution is 2.49. The lowest BCUT2D eigenvalue weighted by molar-refractivity contribution is -0.118. The molecule has 0 aliphatic carbocycles. The van der Waals surface area contributed by atoms with Crippen molar-refractivity contribution in [3.8, 4) is 0 Å². The quantitative estimate of drug-likeness (QED) is 0.108. The van der Waals surface area contributed by atoms with Crippen LogP contribution in [0.15, 0.2) is 121 Å². The van der Waals surface area contributed by atoms with Crippen LogP contribution in [0.3, 0.4) is 0 Å². The molecule has 0 fully saturated rings. The summed E-state index contributed by atoms with van der Waals surface area (Å²) in [6.45, 7) is 9.23. The Morgan fingerprint density at radius 3 is 1.50 bits per heavy atom. The number of benzene rings is 4. The Morgan fingerprint density at radius 2 is 1.10 bits per heavy atom. The molecule has 5 heteroatoms. The number of hydrogen-bond acceptors (Lipinski definition) is 3. The number of carbonyl (C=O) groups is 1. The summed E-state index contributed by atoms with van der Waals surface area (Å²) >= 11 is 0. The molecular formula is C35H41O3PSi. The van der Waals surface area contributed by atoms with Crippen molar-refractivity contribution in [2.75, 3.05) is 6.61 Å². The van der Waals surface area contributed by atoms with Crippen LogP contribution >= 0.6 is 7.14 Å². The van der Waals surface area contributed by atoms with Crippen molar-refractivity contribution in [2.45, 2.75) is 57.7 Å². The van der Waals surface area contributed by atoms with Gasteiger partial charge in [-0.15, -0.1) is 0 Å². The fourth-order valence-corrected chi connectivity index (χ4v) is 13.3. The van der Waals surface area contributed by atoms with Gasteiger partial charge in [-0.3, -0.25) is 4.79 Å². The molecule has 0 amide bonds. The Kier molecular flexibility index (Phi) is 9.79. The van der Waals surface area contributed by atoms with Crippen molar-refractivity contribution >= 4 is 42.2 Å². The molecule has 1 atom stereocenters. The van der Waals surface area contributed by atoms with E-state index in [1.807, 2.05) is 79.7 Å². The summed E-state index contributed by atoms with van der Waals surface area (Å²) < 4.78 is 21.5. The van der Waals surface area contributed by atoms with Crippen molar-refractivity contribution in [3.05, 3.63) is 121 Å². The number of hydrogen-bond donors (Lipinski definition) is 0. The van der Waals surface area contributed by atoms with Crippen molar-refractivity contribution in [2.24, 2.45) is 0 Å². The van der Waals surface area contributed by atoms with Gasteiger partial charge in [-0.2, -0.15) is 0 Å². The molecule has 1 unspecified atom stereocenters. The van der Waals surface area contributed by atoms with Gasteiger partial charge >= 0.3 is 0 Å². The van der Waals surface area contributed by atoms with Crippen molar-refractivity contribution in [3.63, 3.8) is 0 Å². The minimum absolute atomic E-state index is 0.0430. The smallest absolute Gasteiger partial charge is 0.261 e. The van der Waals surface area contributed by atoms with Crippen molar-refractivity contribution in [1.29, 1.82) is 0 Å². The van der Waals surface area contributed by atoms with E-state index in [-0.39, 0.29) is 10.8 Å². The van der Waals surface area contributed by atoms with Gasteiger partial charge in [0.1, 0.15) is 5.78 Å². The normalized spacial score (nSPS) is 13.1. The zero-order valence-electron chi connectivity index (χ0n) is 24.1. The van der Waals surface area contributed by atoms with Gasteiger partial charge in [-0.05, 0) is 35.2 Å². The Balaban J connectivity index is 1.48. The monoisotopic (exact) mass is 568 g/mol. The largest absolute Gasteiger partial charge is 0.407 e. The summed E-state index contributed by atoms with van der Waals surface area (Å²) in [6, 6.07) is 40.2. The zero-order valence-corrected chi connectivity index (χ0v) is 26.0.